The Labute approximate surface area is 104 Å². The number of benzene rings is 1. The summed E-state index contributed by atoms with van der Waals surface area (Å²) in [6, 6.07) is 8.82. The van der Waals surface area contributed by atoms with Crippen molar-refractivity contribution in [2.75, 3.05) is 0 Å². The Morgan fingerprint density at radius 2 is 1.94 bits per heavy atom. The molecule has 0 saturated heterocycles. The molecule has 1 aromatic carbocycles. The van der Waals surface area contributed by atoms with Crippen LogP contribution in [0.1, 0.15) is 37.3 Å². The van der Waals surface area contributed by atoms with E-state index in [-0.39, 0.29) is 0 Å². The van der Waals surface area contributed by atoms with Crippen molar-refractivity contribution < 1.29 is 0 Å². The maximum Gasteiger partial charge on any atom is -0.0184 e. The summed E-state index contributed by atoms with van der Waals surface area (Å²) in [5, 5.41) is 0. The van der Waals surface area contributed by atoms with Gasteiger partial charge >= 0.3 is 0 Å². The number of aryl methyl sites for hydroxylation is 1. The van der Waals surface area contributed by atoms with E-state index in [0.29, 0.717) is 0 Å². The quantitative estimate of drug-likeness (QED) is 0.680. The van der Waals surface area contributed by atoms with Crippen LogP contribution in [0.3, 0.4) is 0 Å². The van der Waals surface area contributed by atoms with Crippen LogP contribution >= 0.6 is 0 Å². The Bertz CT molecular complexity index is 443. The van der Waals surface area contributed by atoms with E-state index < -0.39 is 0 Å². The summed E-state index contributed by atoms with van der Waals surface area (Å²) in [4.78, 5) is 0. The maximum atomic E-state index is 4.20. The number of hydrogen-bond donors (Lipinski definition) is 0. The van der Waals surface area contributed by atoms with Crippen molar-refractivity contribution >= 4 is 5.57 Å². The number of rotatable bonds is 4. The zero-order valence-corrected chi connectivity index (χ0v) is 10.6. The first-order valence-corrected chi connectivity index (χ1v) is 6.46. The Kier molecular flexibility index (Phi) is 3.98. The fraction of sp³-hybridized carbons (Fsp3) is 0.294. The van der Waals surface area contributed by atoms with Gasteiger partial charge < -0.3 is 0 Å². The zero-order valence-electron chi connectivity index (χ0n) is 10.6. The highest BCUT2D eigenvalue weighted by Crippen LogP contribution is 2.25. The molecule has 0 aromatic heterocycles. The van der Waals surface area contributed by atoms with E-state index in [4.69, 9.17) is 0 Å². The molecule has 2 rings (SSSR count). The molecule has 17 heavy (non-hydrogen) atoms. The third kappa shape index (κ3) is 2.97. The molecule has 1 aliphatic carbocycles. The highest BCUT2D eigenvalue weighted by atomic mass is 14.1. The van der Waals surface area contributed by atoms with Gasteiger partial charge in [-0.25, -0.2) is 0 Å². The van der Waals surface area contributed by atoms with Crippen molar-refractivity contribution in [3.8, 4) is 0 Å². The molecule has 0 unspecified atom stereocenters. The third-order valence-corrected chi connectivity index (χ3v) is 3.18. The molecule has 0 saturated carbocycles. The van der Waals surface area contributed by atoms with Gasteiger partial charge in [0.1, 0.15) is 0 Å². The molecule has 0 nitrogen and oxygen atoms in total. The summed E-state index contributed by atoms with van der Waals surface area (Å²) in [7, 11) is 0. The Morgan fingerprint density at radius 1 is 1.18 bits per heavy atom. The molecule has 88 valence electrons. The maximum absolute atomic E-state index is 4.20. The Hall–Kier alpha value is -1.56. The van der Waals surface area contributed by atoms with Crippen molar-refractivity contribution in [3.63, 3.8) is 0 Å². The first kappa shape index (κ1) is 11.9. The van der Waals surface area contributed by atoms with Gasteiger partial charge in [-0.3, -0.25) is 0 Å². The van der Waals surface area contributed by atoms with Crippen LogP contribution in [-0.4, -0.2) is 0 Å². The molecular weight excluding hydrogens is 204 g/mol. The highest BCUT2D eigenvalue weighted by Gasteiger charge is 2.04. The molecule has 0 radical (unpaired) electrons. The second-order valence-electron chi connectivity index (χ2n) is 4.56. The first-order valence-electron chi connectivity index (χ1n) is 6.46. The minimum Gasteiger partial charge on any atom is -0.0906 e. The first-order chi connectivity index (χ1) is 8.31. The summed E-state index contributed by atoms with van der Waals surface area (Å²) in [5.41, 5.74) is 5.07. The monoisotopic (exact) mass is 224 g/mol. The van der Waals surface area contributed by atoms with Crippen molar-refractivity contribution in [3.05, 3.63) is 65.8 Å². The summed E-state index contributed by atoms with van der Waals surface area (Å²) in [5.74, 6) is 0. The van der Waals surface area contributed by atoms with Gasteiger partial charge in [0.05, 0.1) is 0 Å². The van der Waals surface area contributed by atoms with Gasteiger partial charge in [-0.1, -0.05) is 62.4 Å². The largest absolute Gasteiger partial charge is 0.0906 e. The lowest BCUT2D eigenvalue weighted by atomic mass is 9.94. The van der Waals surface area contributed by atoms with Crippen LogP contribution in [0.4, 0.5) is 0 Å². The molecule has 0 amide bonds. The average Bonchev–Trinajstić information content (AvgIpc) is 2.40. The molecule has 1 aromatic rings. The predicted molar refractivity (Wildman–Crippen MR) is 75.9 cm³/mol. The van der Waals surface area contributed by atoms with Crippen LogP contribution in [-0.2, 0) is 6.42 Å². The zero-order chi connectivity index (χ0) is 12.1. The summed E-state index contributed by atoms with van der Waals surface area (Å²) in [6.07, 6.45) is 11.4. The van der Waals surface area contributed by atoms with E-state index in [1.54, 1.807) is 0 Å². The summed E-state index contributed by atoms with van der Waals surface area (Å²) < 4.78 is 0. The van der Waals surface area contributed by atoms with E-state index in [0.717, 1.165) is 24.8 Å². The normalized spacial score (nSPS) is 14.5. The van der Waals surface area contributed by atoms with Crippen molar-refractivity contribution in [1.29, 1.82) is 0 Å². The Balaban J connectivity index is 2.14. The molecule has 0 heteroatoms. The summed E-state index contributed by atoms with van der Waals surface area (Å²) >= 11 is 0. The Morgan fingerprint density at radius 3 is 2.53 bits per heavy atom. The number of hydrogen-bond acceptors (Lipinski definition) is 0. The molecule has 0 N–H and O–H groups in total. The lowest BCUT2D eigenvalue weighted by Crippen LogP contribution is -1.91. The van der Waals surface area contributed by atoms with Gasteiger partial charge in [0.15, 0.2) is 0 Å². The molecule has 0 bridgehead atoms. The average molecular weight is 224 g/mol. The molecular formula is C17H20. The van der Waals surface area contributed by atoms with Crippen molar-refractivity contribution in [2.24, 2.45) is 0 Å². The summed E-state index contributed by atoms with van der Waals surface area (Å²) in [6.45, 7) is 6.42. The standard InChI is InChI=1S/C17H20/c1-3-7-15-10-12-17(13-11-15)14(2)16-8-5-4-6-9-16/h5,8-13H,2-4,6-7H2,1H3. The van der Waals surface area contributed by atoms with Gasteiger partial charge in [-0.2, -0.15) is 0 Å². The SMILES string of the molecule is C=C(C1=CCCC=C1)c1ccc(CCC)cc1. The minimum absolute atomic E-state index is 1.14. The van der Waals surface area contributed by atoms with Gasteiger partial charge in [-0.15, -0.1) is 0 Å². The van der Waals surface area contributed by atoms with E-state index >= 15 is 0 Å². The van der Waals surface area contributed by atoms with E-state index in [9.17, 15) is 0 Å². The molecule has 0 atom stereocenters. The number of allylic oxidation sites excluding steroid dienone is 5. The lowest BCUT2D eigenvalue weighted by Gasteiger charge is -2.11. The second kappa shape index (κ2) is 5.67. The predicted octanol–water partition coefficient (Wildman–Crippen LogP) is 4.93. The fourth-order valence-corrected chi connectivity index (χ4v) is 2.17. The van der Waals surface area contributed by atoms with E-state index in [2.05, 4.69) is 56.0 Å². The fourth-order valence-electron chi connectivity index (χ4n) is 2.17. The van der Waals surface area contributed by atoms with Crippen LogP contribution < -0.4 is 0 Å². The minimum atomic E-state index is 1.14. The molecule has 1 aliphatic rings. The lowest BCUT2D eigenvalue weighted by molar-refractivity contribution is 0.922. The van der Waals surface area contributed by atoms with Gasteiger partial charge in [0.25, 0.3) is 0 Å². The molecule has 0 aliphatic heterocycles. The van der Waals surface area contributed by atoms with Crippen molar-refractivity contribution in [2.45, 2.75) is 32.6 Å². The second-order valence-corrected chi connectivity index (χ2v) is 4.56. The van der Waals surface area contributed by atoms with Crippen molar-refractivity contribution in [1.82, 2.24) is 0 Å². The van der Waals surface area contributed by atoms with Crippen LogP contribution in [0.5, 0.6) is 0 Å². The van der Waals surface area contributed by atoms with E-state index in [1.165, 1.54) is 23.1 Å². The third-order valence-electron chi connectivity index (χ3n) is 3.18. The molecule has 0 spiro atoms. The smallest absolute Gasteiger partial charge is 0.0184 e. The van der Waals surface area contributed by atoms with Gasteiger partial charge in [-0.05, 0) is 41.5 Å². The van der Waals surface area contributed by atoms with Crippen LogP contribution in [0.15, 0.2) is 54.6 Å². The van der Waals surface area contributed by atoms with Crippen LogP contribution in [0.2, 0.25) is 0 Å². The topological polar surface area (TPSA) is 0 Å². The molecule has 0 fully saturated rings. The van der Waals surface area contributed by atoms with Crippen LogP contribution in [0, 0.1) is 0 Å². The highest BCUT2D eigenvalue weighted by molar-refractivity contribution is 5.80. The van der Waals surface area contributed by atoms with Crippen LogP contribution in [0.25, 0.3) is 5.57 Å². The van der Waals surface area contributed by atoms with Gasteiger partial charge in [0.2, 0.25) is 0 Å². The molecule has 0 heterocycles. The van der Waals surface area contributed by atoms with E-state index in [1.807, 2.05) is 0 Å². The van der Waals surface area contributed by atoms with Gasteiger partial charge in [0, 0.05) is 0 Å².